The highest BCUT2D eigenvalue weighted by molar-refractivity contribution is 8.00. The molecule has 0 radical (unpaired) electrons. The topological polar surface area (TPSA) is 328 Å². The van der Waals surface area contributed by atoms with Crippen LogP contribution in [0.25, 0.3) is 0 Å². The first kappa shape index (κ1) is 40.9. The maximum absolute atomic E-state index is 11.7. The van der Waals surface area contributed by atoms with Gasteiger partial charge in [0.25, 0.3) is 0 Å². The summed E-state index contributed by atoms with van der Waals surface area (Å²) in [7, 11) is 0. The van der Waals surface area contributed by atoms with E-state index in [1.54, 1.807) is 30.3 Å². The lowest BCUT2D eigenvalue weighted by atomic mass is 9.96. The first-order chi connectivity index (χ1) is 24.3. The minimum Gasteiger partial charge on any atom is -0.394 e. The van der Waals surface area contributed by atoms with E-state index in [1.165, 1.54) is 0 Å². The van der Waals surface area contributed by atoms with Gasteiger partial charge in [0.05, 0.1) is 31.7 Å². The van der Waals surface area contributed by atoms with Gasteiger partial charge in [0.15, 0.2) is 25.2 Å². The molecule has 4 saturated heterocycles. The van der Waals surface area contributed by atoms with Crippen LogP contribution in [0.1, 0.15) is 0 Å². The minimum atomic E-state index is -1.97. The molecule has 1 aromatic carbocycles. The van der Waals surface area contributed by atoms with Crippen molar-refractivity contribution in [2.75, 3.05) is 26.4 Å². The summed E-state index contributed by atoms with van der Waals surface area (Å²) in [6, 6.07) is 8.57. The van der Waals surface area contributed by atoms with Gasteiger partial charge in [-0.05, 0) is 12.1 Å². The van der Waals surface area contributed by atoms with E-state index < -0.39 is 148 Å². The Morgan fingerprint density at radius 1 is 0.451 bits per heavy atom. The summed E-state index contributed by atoms with van der Waals surface area (Å²) in [5, 5.41) is 134. The summed E-state index contributed by atoms with van der Waals surface area (Å²) in [5.74, 6) is 0. The second-order valence-electron chi connectivity index (χ2n) is 12.5. The van der Waals surface area contributed by atoms with Gasteiger partial charge in [-0.3, -0.25) is 0 Å². The first-order valence-corrected chi connectivity index (χ1v) is 17.1. The quantitative estimate of drug-likeness (QED) is 0.0942. The Kier molecular flexibility index (Phi) is 14.4. The number of benzene rings is 1. The monoisotopic (exact) mass is 758 g/mol. The van der Waals surface area contributed by atoms with Crippen LogP contribution in [0, 0.1) is 0 Å². The summed E-state index contributed by atoms with van der Waals surface area (Å²) < 4.78 is 39.5. The van der Waals surface area contributed by atoms with Gasteiger partial charge in [-0.15, -0.1) is 11.8 Å². The molecule has 21 heteroatoms. The Hall–Kier alpha value is -1.23. The number of hydrogen-bond acceptors (Lipinski definition) is 21. The Bertz CT molecular complexity index is 1200. The Balaban J connectivity index is 1.35. The van der Waals surface area contributed by atoms with E-state index in [1.807, 2.05) is 0 Å². The van der Waals surface area contributed by atoms with Crippen LogP contribution >= 0.6 is 11.8 Å². The van der Waals surface area contributed by atoms with Crippen LogP contribution in [-0.4, -0.2) is 215 Å². The van der Waals surface area contributed by atoms with Crippen molar-refractivity contribution in [3.8, 4) is 0 Å². The molecule has 4 aliphatic heterocycles. The molecule has 292 valence electrons. The zero-order valence-electron chi connectivity index (χ0n) is 26.8. The van der Waals surface area contributed by atoms with Crippen LogP contribution in [0.2, 0.25) is 0 Å². The van der Waals surface area contributed by atoms with Crippen LogP contribution in [0.5, 0.6) is 0 Å². The smallest absolute Gasteiger partial charge is 0.187 e. The summed E-state index contributed by atoms with van der Waals surface area (Å²) in [6.45, 7) is -3.17. The largest absolute Gasteiger partial charge is 0.394 e. The molecule has 13 N–H and O–H groups in total. The van der Waals surface area contributed by atoms with Crippen molar-refractivity contribution in [3.05, 3.63) is 30.3 Å². The van der Waals surface area contributed by atoms with Gasteiger partial charge in [0.1, 0.15) is 91.6 Å². The SMILES string of the molecule is OC[C@H]1O[C@H](O[C@H]2[C@@H](Sc3ccccc3)[C@H](O)[C@@H](O[C@H]3[C@H](O)[C@@H](O)[C@@H](O[C@H]4[C@H](O)[C@@H](O)C(O)O[C@@H]4CO)O[C@@H]3CO)O[C@@H]2CO)[C@H](O)[C@@H](O)[C@@H]1O. The molecule has 0 saturated carbocycles. The first-order valence-electron chi connectivity index (χ1n) is 16.2. The molecule has 20 nitrogen and oxygen atoms in total. The zero-order chi connectivity index (χ0) is 37.1. The Labute approximate surface area is 294 Å². The molecule has 0 aromatic heterocycles. The zero-order valence-corrected chi connectivity index (χ0v) is 27.7. The molecule has 20 atom stereocenters. The van der Waals surface area contributed by atoms with Crippen molar-refractivity contribution in [3.63, 3.8) is 0 Å². The Morgan fingerprint density at radius 3 is 1.43 bits per heavy atom. The summed E-state index contributed by atoms with van der Waals surface area (Å²) >= 11 is 1.04. The fourth-order valence-corrected chi connectivity index (χ4v) is 7.59. The van der Waals surface area contributed by atoms with Gasteiger partial charge in [0.2, 0.25) is 0 Å². The molecular formula is C30H46O20S. The standard InChI is InChI=1S/C30H46O20S/c31-6-11-15(35)16(36)20(40)28(45-11)50-25-14(9-34)47-30(22(42)26(25)51-10-4-2-1-3-5-10)49-24-13(8-33)46-29(21(41)18(24)38)48-23-12(7-32)44-27(43)19(39)17(23)37/h1-5,11-43H,6-9H2/t11-,12-,13-,14-,15-,16+,17-,18-,19-,20-,21-,22+,23-,24-,25-,26+,27?,28-,29-,30-/m1/s1. The lowest BCUT2D eigenvalue weighted by Gasteiger charge is -2.49. The Morgan fingerprint density at radius 2 is 0.882 bits per heavy atom. The van der Waals surface area contributed by atoms with E-state index in [4.69, 9.17) is 33.2 Å². The number of aliphatic hydroxyl groups is 13. The van der Waals surface area contributed by atoms with Crippen LogP contribution < -0.4 is 0 Å². The lowest BCUT2D eigenvalue weighted by molar-refractivity contribution is -0.378. The number of aliphatic hydroxyl groups excluding tert-OH is 13. The highest BCUT2D eigenvalue weighted by Crippen LogP contribution is 2.40. The van der Waals surface area contributed by atoms with Gasteiger partial charge in [0, 0.05) is 4.90 Å². The summed E-state index contributed by atoms with van der Waals surface area (Å²) in [6.07, 6.45) is -31.7. The number of thioether (sulfide) groups is 1. The predicted molar refractivity (Wildman–Crippen MR) is 164 cm³/mol. The van der Waals surface area contributed by atoms with Crippen LogP contribution in [0.4, 0.5) is 0 Å². The van der Waals surface area contributed by atoms with E-state index in [2.05, 4.69) is 0 Å². The molecule has 4 aliphatic rings. The molecule has 51 heavy (non-hydrogen) atoms. The third-order valence-corrected chi connectivity index (χ3v) is 10.6. The third kappa shape index (κ3) is 8.69. The lowest BCUT2D eigenvalue weighted by Crippen LogP contribution is -2.67. The number of rotatable bonds is 12. The number of ether oxygens (including phenoxy) is 7. The minimum absolute atomic E-state index is 0.596. The van der Waals surface area contributed by atoms with Gasteiger partial charge in [-0.2, -0.15) is 0 Å². The predicted octanol–water partition coefficient (Wildman–Crippen LogP) is -6.95. The molecular weight excluding hydrogens is 712 g/mol. The van der Waals surface area contributed by atoms with Gasteiger partial charge in [-0.1, -0.05) is 18.2 Å². The van der Waals surface area contributed by atoms with Crippen molar-refractivity contribution < 1.29 is 99.5 Å². The average Bonchev–Trinajstić information content (AvgIpc) is 3.13. The molecule has 0 bridgehead atoms. The van der Waals surface area contributed by atoms with E-state index in [9.17, 15) is 66.4 Å². The maximum Gasteiger partial charge on any atom is 0.187 e. The summed E-state index contributed by atoms with van der Waals surface area (Å²) in [5.41, 5.74) is 0. The second kappa shape index (κ2) is 17.9. The highest BCUT2D eigenvalue weighted by Gasteiger charge is 2.55. The van der Waals surface area contributed by atoms with Crippen molar-refractivity contribution >= 4 is 11.8 Å². The fraction of sp³-hybridized carbons (Fsp3) is 0.800. The molecule has 0 spiro atoms. The molecule has 0 aliphatic carbocycles. The fourth-order valence-electron chi connectivity index (χ4n) is 6.32. The molecule has 1 aromatic rings. The maximum atomic E-state index is 11.7. The van der Waals surface area contributed by atoms with Crippen molar-refractivity contribution in [1.29, 1.82) is 0 Å². The van der Waals surface area contributed by atoms with E-state index in [0.29, 0.717) is 4.90 Å². The van der Waals surface area contributed by atoms with Crippen LogP contribution in [0.3, 0.4) is 0 Å². The molecule has 5 rings (SSSR count). The molecule has 0 amide bonds. The van der Waals surface area contributed by atoms with Crippen molar-refractivity contribution in [2.24, 2.45) is 0 Å². The van der Waals surface area contributed by atoms with E-state index in [0.717, 1.165) is 11.8 Å². The van der Waals surface area contributed by atoms with Gasteiger partial charge in [-0.25, -0.2) is 0 Å². The van der Waals surface area contributed by atoms with Crippen LogP contribution in [-0.2, 0) is 33.2 Å². The van der Waals surface area contributed by atoms with Crippen molar-refractivity contribution in [2.45, 2.75) is 127 Å². The van der Waals surface area contributed by atoms with E-state index in [-0.39, 0.29) is 0 Å². The highest BCUT2D eigenvalue weighted by atomic mass is 32.2. The molecule has 4 heterocycles. The average molecular weight is 759 g/mol. The molecule has 4 fully saturated rings. The third-order valence-electron chi connectivity index (χ3n) is 9.19. The molecule has 1 unspecified atom stereocenters. The second-order valence-corrected chi connectivity index (χ2v) is 13.8. The van der Waals surface area contributed by atoms with Crippen molar-refractivity contribution in [1.82, 2.24) is 0 Å². The summed E-state index contributed by atoms with van der Waals surface area (Å²) in [4.78, 5) is 0.596. The van der Waals surface area contributed by atoms with Crippen LogP contribution in [0.15, 0.2) is 35.2 Å². The van der Waals surface area contributed by atoms with E-state index >= 15 is 0 Å². The normalized spacial score (nSPS) is 48.0. The number of hydrogen-bond donors (Lipinski definition) is 13. The van der Waals surface area contributed by atoms with Gasteiger partial charge < -0.3 is 99.5 Å². The van der Waals surface area contributed by atoms with Gasteiger partial charge >= 0.3 is 0 Å².